The van der Waals surface area contributed by atoms with Gasteiger partial charge in [0, 0.05) is 16.7 Å². The predicted octanol–water partition coefficient (Wildman–Crippen LogP) is 4.10. The van der Waals surface area contributed by atoms with E-state index < -0.39 is 41.5 Å². The van der Waals surface area contributed by atoms with Crippen LogP contribution in [0.2, 0.25) is 0 Å². The third-order valence-corrected chi connectivity index (χ3v) is 5.80. The number of alkyl halides is 3. The third kappa shape index (κ3) is 4.33. The summed E-state index contributed by atoms with van der Waals surface area (Å²) in [6.45, 7) is -0.355. The van der Waals surface area contributed by atoms with Crippen LogP contribution in [0.25, 0.3) is 11.0 Å². The maximum atomic E-state index is 14.4. The van der Waals surface area contributed by atoms with Gasteiger partial charge < -0.3 is 20.4 Å². The van der Waals surface area contributed by atoms with Gasteiger partial charge in [-0.05, 0) is 30.3 Å². The minimum absolute atomic E-state index is 0.0131. The van der Waals surface area contributed by atoms with Gasteiger partial charge in [-0.2, -0.15) is 18.3 Å². The van der Waals surface area contributed by atoms with E-state index >= 15 is 0 Å². The van der Waals surface area contributed by atoms with Crippen LogP contribution < -0.4 is 5.73 Å². The molecule has 0 bridgehead atoms. The van der Waals surface area contributed by atoms with Crippen molar-refractivity contribution in [3.05, 3.63) is 81.8 Å². The summed E-state index contributed by atoms with van der Waals surface area (Å²) in [6, 6.07) is 6.46. The molecule has 0 radical (unpaired) electrons. The van der Waals surface area contributed by atoms with Crippen molar-refractivity contribution in [1.82, 2.24) is 25.1 Å². The second-order valence-electron chi connectivity index (χ2n) is 8.16. The highest BCUT2D eigenvalue weighted by atomic mass is 19.4. The molecule has 1 aromatic carbocycles. The minimum atomic E-state index is -4.69. The van der Waals surface area contributed by atoms with Gasteiger partial charge in [-0.25, -0.2) is 13.8 Å². The topological polar surface area (TPSA) is 110 Å². The number of nitrogens with two attached hydrogens (primary N) is 1. The number of rotatable bonds is 5. The van der Waals surface area contributed by atoms with Crippen LogP contribution in [-0.4, -0.2) is 31.0 Å². The standard InChI is InChI=1S/C23H17F5N6O2/c24-15-2-1-3-16(25)12(15)8-34(7-11-4-5-19(33-32-11)23(26,27)28)22(35)18-6-17-20(30-18)13-9-36-10-14(13)21(29)31-17/h1-6,30H,7-10H2,(H2,29,31). The van der Waals surface area contributed by atoms with E-state index in [4.69, 9.17) is 10.5 Å². The van der Waals surface area contributed by atoms with Gasteiger partial charge in [-0.1, -0.05) is 6.07 Å². The first-order valence-electron chi connectivity index (χ1n) is 10.6. The van der Waals surface area contributed by atoms with E-state index in [1.807, 2.05) is 0 Å². The van der Waals surface area contributed by atoms with Gasteiger partial charge in [0.2, 0.25) is 0 Å². The first kappa shape index (κ1) is 23.6. The SMILES string of the molecule is Nc1nc2cc(C(=O)N(Cc3ccc(C(F)(F)F)nn3)Cc3c(F)cccc3F)[nH]c2c2c1COC2. The maximum Gasteiger partial charge on any atom is 0.435 e. The normalized spacial score (nSPS) is 13.2. The highest BCUT2D eigenvalue weighted by Crippen LogP contribution is 2.32. The molecule has 186 valence electrons. The summed E-state index contributed by atoms with van der Waals surface area (Å²) in [6.07, 6.45) is -4.69. The number of aromatic nitrogens is 4. The van der Waals surface area contributed by atoms with Crippen LogP contribution in [0.5, 0.6) is 0 Å². The van der Waals surface area contributed by atoms with Crippen molar-refractivity contribution in [1.29, 1.82) is 0 Å². The molecule has 0 aliphatic carbocycles. The molecule has 8 nitrogen and oxygen atoms in total. The molecule has 0 atom stereocenters. The lowest BCUT2D eigenvalue weighted by Crippen LogP contribution is -2.31. The highest BCUT2D eigenvalue weighted by molar-refractivity contribution is 5.98. The van der Waals surface area contributed by atoms with E-state index in [-0.39, 0.29) is 37.0 Å². The molecule has 13 heteroatoms. The summed E-state index contributed by atoms with van der Waals surface area (Å²) in [7, 11) is 0. The summed E-state index contributed by atoms with van der Waals surface area (Å²) < 4.78 is 72.8. The van der Waals surface area contributed by atoms with E-state index in [0.717, 1.165) is 28.7 Å². The number of anilines is 1. The van der Waals surface area contributed by atoms with Crippen LogP contribution >= 0.6 is 0 Å². The van der Waals surface area contributed by atoms with E-state index in [9.17, 15) is 26.7 Å². The zero-order valence-corrected chi connectivity index (χ0v) is 18.4. The predicted molar refractivity (Wildman–Crippen MR) is 116 cm³/mol. The van der Waals surface area contributed by atoms with Crippen LogP contribution in [0.4, 0.5) is 27.8 Å². The number of carbonyl (C=O) groups excluding carboxylic acids is 1. The number of nitrogens with one attached hydrogen (secondary N) is 1. The Balaban J connectivity index is 1.52. The Kier molecular flexibility index (Phi) is 5.79. The average Bonchev–Trinajstić information content (AvgIpc) is 3.48. The minimum Gasteiger partial charge on any atom is -0.383 e. The molecule has 4 heterocycles. The number of benzene rings is 1. The molecular weight excluding hydrogens is 487 g/mol. The number of H-pyrrole nitrogens is 1. The molecule has 0 saturated carbocycles. The van der Waals surface area contributed by atoms with Crippen LogP contribution in [0.3, 0.4) is 0 Å². The van der Waals surface area contributed by atoms with E-state index in [0.29, 0.717) is 22.7 Å². The Labute approximate surface area is 199 Å². The molecular formula is C23H17F5N6O2. The molecule has 3 aromatic heterocycles. The first-order chi connectivity index (χ1) is 17.1. The number of nitrogen functional groups attached to an aromatic ring is 1. The monoisotopic (exact) mass is 504 g/mol. The number of hydrogen-bond acceptors (Lipinski definition) is 6. The van der Waals surface area contributed by atoms with Crippen molar-refractivity contribution in [3.8, 4) is 0 Å². The Morgan fingerprint density at radius 3 is 2.44 bits per heavy atom. The molecule has 1 amide bonds. The van der Waals surface area contributed by atoms with Gasteiger partial charge >= 0.3 is 6.18 Å². The quantitative estimate of drug-likeness (QED) is 0.396. The lowest BCUT2D eigenvalue weighted by molar-refractivity contribution is -0.141. The summed E-state index contributed by atoms with van der Waals surface area (Å²) in [5.41, 5.74) is 6.79. The number of fused-ring (bicyclic) bond motifs is 3. The summed E-state index contributed by atoms with van der Waals surface area (Å²) >= 11 is 0. The van der Waals surface area contributed by atoms with Gasteiger partial charge in [0.25, 0.3) is 5.91 Å². The van der Waals surface area contributed by atoms with Gasteiger partial charge in [0.1, 0.15) is 23.1 Å². The summed E-state index contributed by atoms with van der Waals surface area (Å²) in [5, 5.41) is 6.70. The smallest absolute Gasteiger partial charge is 0.383 e. The summed E-state index contributed by atoms with van der Waals surface area (Å²) in [4.78, 5) is 21.8. The van der Waals surface area contributed by atoms with Crippen molar-refractivity contribution < 1.29 is 31.5 Å². The van der Waals surface area contributed by atoms with Crippen molar-refractivity contribution in [2.45, 2.75) is 32.5 Å². The maximum absolute atomic E-state index is 14.4. The molecule has 4 aromatic rings. The van der Waals surface area contributed by atoms with Crippen molar-refractivity contribution in [3.63, 3.8) is 0 Å². The lowest BCUT2D eigenvalue weighted by atomic mass is 10.1. The fraction of sp³-hybridized carbons (Fsp3) is 0.217. The lowest BCUT2D eigenvalue weighted by Gasteiger charge is -2.22. The van der Waals surface area contributed by atoms with Crippen LogP contribution in [-0.2, 0) is 37.2 Å². The zero-order chi connectivity index (χ0) is 25.6. The second kappa shape index (κ2) is 8.82. The Morgan fingerprint density at radius 1 is 1.06 bits per heavy atom. The summed E-state index contributed by atoms with van der Waals surface area (Å²) in [5.74, 6) is -2.19. The molecule has 5 rings (SSSR count). The number of carbonyl (C=O) groups is 1. The van der Waals surface area contributed by atoms with Crippen LogP contribution in [0.15, 0.2) is 36.4 Å². The Bertz CT molecular complexity index is 1450. The molecule has 0 fully saturated rings. The van der Waals surface area contributed by atoms with Crippen LogP contribution in [0, 0.1) is 11.6 Å². The van der Waals surface area contributed by atoms with Crippen molar-refractivity contribution >= 4 is 22.8 Å². The van der Waals surface area contributed by atoms with Crippen molar-refractivity contribution in [2.75, 3.05) is 5.73 Å². The van der Waals surface area contributed by atoms with Gasteiger partial charge in [-0.15, -0.1) is 5.10 Å². The molecule has 3 N–H and O–H groups in total. The van der Waals surface area contributed by atoms with E-state index in [1.54, 1.807) is 0 Å². The number of ether oxygens (including phenoxy) is 1. The molecule has 1 aliphatic rings. The number of halogens is 5. The average molecular weight is 504 g/mol. The highest BCUT2D eigenvalue weighted by Gasteiger charge is 2.33. The molecule has 36 heavy (non-hydrogen) atoms. The second-order valence-corrected chi connectivity index (χ2v) is 8.16. The molecule has 1 aliphatic heterocycles. The Hall–Kier alpha value is -4.13. The number of pyridine rings is 1. The van der Waals surface area contributed by atoms with Gasteiger partial charge in [-0.3, -0.25) is 4.79 Å². The molecule has 0 unspecified atom stereocenters. The van der Waals surface area contributed by atoms with Gasteiger partial charge in [0.15, 0.2) is 5.69 Å². The number of nitrogens with zero attached hydrogens (tertiary/aromatic N) is 4. The number of hydrogen-bond donors (Lipinski definition) is 2. The van der Waals surface area contributed by atoms with Crippen molar-refractivity contribution in [2.24, 2.45) is 0 Å². The fourth-order valence-corrected chi connectivity index (χ4v) is 3.99. The molecule has 0 saturated heterocycles. The van der Waals surface area contributed by atoms with E-state index in [1.165, 1.54) is 12.1 Å². The van der Waals surface area contributed by atoms with E-state index in [2.05, 4.69) is 20.2 Å². The fourth-order valence-electron chi connectivity index (χ4n) is 3.99. The molecule has 0 spiro atoms. The Morgan fingerprint density at radius 2 is 1.78 bits per heavy atom. The number of aromatic amines is 1. The third-order valence-electron chi connectivity index (χ3n) is 5.80. The first-order valence-corrected chi connectivity index (χ1v) is 10.6. The van der Waals surface area contributed by atoms with Gasteiger partial charge in [0.05, 0.1) is 43.0 Å². The number of amides is 1. The largest absolute Gasteiger partial charge is 0.435 e. The zero-order valence-electron chi connectivity index (χ0n) is 18.4. The van der Waals surface area contributed by atoms with Crippen LogP contribution in [0.1, 0.15) is 38.6 Å².